The highest BCUT2D eigenvalue weighted by Crippen LogP contribution is 2.30. The summed E-state index contributed by atoms with van der Waals surface area (Å²) >= 11 is 0. The summed E-state index contributed by atoms with van der Waals surface area (Å²) in [6.07, 6.45) is 4.26. The molecule has 0 bridgehead atoms. The van der Waals surface area contributed by atoms with E-state index in [4.69, 9.17) is 4.74 Å². The number of hydrogen-bond donors (Lipinski definition) is 1. The summed E-state index contributed by atoms with van der Waals surface area (Å²) in [6, 6.07) is 5.65. The molecule has 0 aliphatic rings. The van der Waals surface area contributed by atoms with E-state index in [2.05, 4.69) is 16.4 Å². The number of anilines is 1. The second kappa shape index (κ2) is 8.25. The average Bonchev–Trinajstić information content (AvgIpc) is 2.49. The number of aromatic nitrogens is 1. The normalized spacial score (nSPS) is 10.8. The maximum absolute atomic E-state index is 12.5. The van der Waals surface area contributed by atoms with Gasteiger partial charge in [-0.1, -0.05) is 26.7 Å². The standard InChI is InChI=1S/C16H23N3O2/c1-4-9-16(12-17,10-5-2)15(20)19-13-7-8-14(18-11-13)21-6-3/h7-8,11H,4-6,9-10H2,1-3H3,(H,19,20). The van der Waals surface area contributed by atoms with Gasteiger partial charge in [-0.3, -0.25) is 4.79 Å². The fourth-order valence-electron chi connectivity index (χ4n) is 2.31. The average molecular weight is 289 g/mol. The van der Waals surface area contributed by atoms with E-state index in [-0.39, 0.29) is 5.91 Å². The zero-order chi connectivity index (χ0) is 15.7. The van der Waals surface area contributed by atoms with Crippen molar-refractivity contribution in [2.45, 2.75) is 46.5 Å². The first-order chi connectivity index (χ1) is 10.1. The molecule has 0 saturated heterocycles. The van der Waals surface area contributed by atoms with Crippen molar-refractivity contribution in [3.63, 3.8) is 0 Å². The van der Waals surface area contributed by atoms with E-state index in [1.165, 1.54) is 0 Å². The van der Waals surface area contributed by atoms with Gasteiger partial charge in [-0.25, -0.2) is 4.98 Å². The van der Waals surface area contributed by atoms with Gasteiger partial charge in [-0.15, -0.1) is 0 Å². The largest absolute Gasteiger partial charge is 0.478 e. The van der Waals surface area contributed by atoms with E-state index in [9.17, 15) is 10.1 Å². The molecule has 21 heavy (non-hydrogen) atoms. The number of nitrogens with one attached hydrogen (secondary N) is 1. The fourth-order valence-corrected chi connectivity index (χ4v) is 2.31. The van der Waals surface area contributed by atoms with Crippen molar-refractivity contribution < 1.29 is 9.53 Å². The lowest BCUT2D eigenvalue weighted by atomic mass is 9.79. The van der Waals surface area contributed by atoms with Crippen molar-refractivity contribution >= 4 is 11.6 Å². The summed E-state index contributed by atoms with van der Waals surface area (Å²) in [7, 11) is 0. The summed E-state index contributed by atoms with van der Waals surface area (Å²) in [5.74, 6) is 0.267. The molecule has 5 nitrogen and oxygen atoms in total. The zero-order valence-corrected chi connectivity index (χ0v) is 13.0. The molecule has 1 N–H and O–H groups in total. The highest BCUT2D eigenvalue weighted by atomic mass is 16.5. The molecule has 1 rings (SSSR count). The number of nitriles is 1. The Morgan fingerprint density at radius 2 is 2.00 bits per heavy atom. The number of carbonyl (C=O) groups is 1. The first-order valence-electron chi connectivity index (χ1n) is 7.43. The van der Waals surface area contributed by atoms with E-state index < -0.39 is 5.41 Å². The monoisotopic (exact) mass is 289 g/mol. The second-order valence-corrected chi connectivity index (χ2v) is 4.97. The van der Waals surface area contributed by atoms with Crippen LogP contribution in [0.5, 0.6) is 5.88 Å². The molecule has 1 amide bonds. The van der Waals surface area contributed by atoms with Crippen molar-refractivity contribution in [1.82, 2.24) is 4.98 Å². The lowest BCUT2D eigenvalue weighted by Crippen LogP contribution is -2.35. The SMILES string of the molecule is CCCC(C#N)(CCC)C(=O)Nc1ccc(OCC)nc1. The van der Waals surface area contributed by atoms with Gasteiger partial charge in [0.25, 0.3) is 0 Å². The van der Waals surface area contributed by atoms with E-state index in [0.717, 1.165) is 12.8 Å². The van der Waals surface area contributed by atoms with Crippen molar-refractivity contribution in [3.8, 4) is 11.9 Å². The number of ether oxygens (including phenoxy) is 1. The Morgan fingerprint density at radius 3 is 2.43 bits per heavy atom. The van der Waals surface area contributed by atoms with Crippen LogP contribution < -0.4 is 10.1 Å². The van der Waals surface area contributed by atoms with Gasteiger partial charge in [-0.2, -0.15) is 5.26 Å². The maximum atomic E-state index is 12.5. The van der Waals surface area contributed by atoms with Crippen LogP contribution in [0.1, 0.15) is 46.5 Å². The molecule has 1 heterocycles. The quantitative estimate of drug-likeness (QED) is 0.794. The third kappa shape index (κ3) is 4.45. The molecule has 0 aliphatic carbocycles. The molecule has 0 spiro atoms. The minimum absolute atomic E-state index is 0.250. The van der Waals surface area contributed by atoms with Gasteiger partial charge in [0, 0.05) is 6.07 Å². The van der Waals surface area contributed by atoms with Crippen LogP contribution in [-0.2, 0) is 4.79 Å². The van der Waals surface area contributed by atoms with E-state index in [1.807, 2.05) is 20.8 Å². The van der Waals surface area contributed by atoms with Gasteiger partial charge in [0.05, 0.1) is 24.6 Å². The molecule has 0 atom stereocenters. The van der Waals surface area contributed by atoms with Gasteiger partial charge < -0.3 is 10.1 Å². The second-order valence-electron chi connectivity index (χ2n) is 4.97. The molecule has 1 aromatic rings. The molecular weight excluding hydrogens is 266 g/mol. The molecule has 0 aromatic carbocycles. The predicted octanol–water partition coefficient (Wildman–Crippen LogP) is 3.53. The number of rotatable bonds is 8. The third-order valence-electron chi connectivity index (χ3n) is 3.29. The first kappa shape index (κ1) is 17.0. The van der Waals surface area contributed by atoms with Gasteiger partial charge in [0.15, 0.2) is 0 Å². The maximum Gasteiger partial charge on any atom is 0.244 e. The number of hydrogen-bond acceptors (Lipinski definition) is 4. The lowest BCUT2D eigenvalue weighted by Gasteiger charge is -2.24. The van der Waals surface area contributed by atoms with Crippen LogP contribution in [-0.4, -0.2) is 17.5 Å². The van der Waals surface area contributed by atoms with Crippen LogP contribution in [0.15, 0.2) is 18.3 Å². The predicted molar refractivity (Wildman–Crippen MR) is 81.9 cm³/mol. The summed E-state index contributed by atoms with van der Waals surface area (Å²) in [5, 5.41) is 12.2. The topological polar surface area (TPSA) is 75.0 Å². The summed E-state index contributed by atoms with van der Waals surface area (Å²) in [5.41, 5.74) is -0.377. The Labute approximate surface area is 126 Å². The molecule has 0 unspecified atom stereocenters. The van der Waals surface area contributed by atoms with Gasteiger partial charge in [0.1, 0.15) is 5.41 Å². The van der Waals surface area contributed by atoms with Crippen molar-refractivity contribution in [2.24, 2.45) is 5.41 Å². The minimum atomic E-state index is -0.956. The smallest absolute Gasteiger partial charge is 0.244 e. The van der Waals surface area contributed by atoms with E-state index >= 15 is 0 Å². The molecule has 1 aromatic heterocycles. The minimum Gasteiger partial charge on any atom is -0.478 e. The molecule has 0 fully saturated rings. The number of carbonyl (C=O) groups excluding carboxylic acids is 1. The molecular formula is C16H23N3O2. The molecule has 5 heteroatoms. The Balaban J connectivity index is 2.83. The highest BCUT2D eigenvalue weighted by molar-refractivity contribution is 5.97. The molecule has 0 radical (unpaired) electrons. The summed E-state index contributed by atoms with van der Waals surface area (Å²) in [6.45, 7) is 6.39. The zero-order valence-electron chi connectivity index (χ0n) is 13.0. The van der Waals surface area contributed by atoms with Crippen LogP contribution >= 0.6 is 0 Å². The summed E-state index contributed by atoms with van der Waals surface area (Å²) < 4.78 is 5.26. The van der Waals surface area contributed by atoms with Crippen LogP contribution in [0.3, 0.4) is 0 Å². The number of amides is 1. The van der Waals surface area contributed by atoms with Crippen LogP contribution in [0, 0.1) is 16.7 Å². The number of nitrogens with zero attached hydrogens (tertiary/aromatic N) is 2. The highest BCUT2D eigenvalue weighted by Gasteiger charge is 2.36. The van der Waals surface area contributed by atoms with Crippen LogP contribution in [0.4, 0.5) is 5.69 Å². The Hall–Kier alpha value is -2.09. The van der Waals surface area contributed by atoms with Crippen molar-refractivity contribution in [3.05, 3.63) is 18.3 Å². The Morgan fingerprint density at radius 1 is 1.33 bits per heavy atom. The van der Waals surface area contributed by atoms with Crippen LogP contribution in [0.25, 0.3) is 0 Å². The van der Waals surface area contributed by atoms with Crippen molar-refractivity contribution in [2.75, 3.05) is 11.9 Å². The van der Waals surface area contributed by atoms with Crippen molar-refractivity contribution in [1.29, 1.82) is 5.26 Å². The van der Waals surface area contributed by atoms with Gasteiger partial charge >= 0.3 is 0 Å². The Kier molecular flexibility index (Phi) is 6.67. The first-order valence-corrected chi connectivity index (χ1v) is 7.43. The third-order valence-corrected chi connectivity index (χ3v) is 3.29. The Bertz CT molecular complexity index is 485. The van der Waals surface area contributed by atoms with Gasteiger partial charge in [0.2, 0.25) is 11.8 Å². The molecule has 0 saturated carbocycles. The summed E-state index contributed by atoms with van der Waals surface area (Å²) in [4.78, 5) is 16.6. The van der Waals surface area contributed by atoms with E-state index in [1.54, 1.807) is 18.3 Å². The fraction of sp³-hybridized carbons (Fsp3) is 0.562. The van der Waals surface area contributed by atoms with Crippen LogP contribution in [0.2, 0.25) is 0 Å². The lowest BCUT2D eigenvalue weighted by molar-refractivity contribution is -0.123. The van der Waals surface area contributed by atoms with E-state index in [0.29, 0.717) is 31.0 Å². The van der Waals surface area contributed by atoms with Gasteiger partial charge in [-0.05, 0) is 25.8 Å². The molecule has 114 valence electrons. The number of pyridine rings is 1. The molecule has 0 aliphatic heterocycles.